The number of ether oxygens (including phenoxy) is 1. The highest BCUT2D eigenvalue weighted by Crippen LogP contribution is 2.40. The van der Waals surface area contributed by atoms with Crippen molar-refractivity contribution in [3.8, 4) is 11.1 Å². The van der Waals surface area contributed by atoms with E-state index in [0.717, 1.165) is 38.7 Å². The fourth-order valence-electron chi connectivity index (χ4n) is 4.68. The summed E-state index contributed by atoms with van der Waals surface area (Å²) in [5.41, 5.74) is 4.71. The number of nitrogens with zero attached hydrogens (tertiary/aromatic N) is 1. The maximum atomic E-state index is 13.8. The molecule has 2 heterocycles. The Morgan fingerprint density at radius 3 is 2.50 bits per heavy atom. The smallest absolute Gasteiger partial charge is 0.313 e. The average molecular weight is 488 g/mol. The minimum absolute atomic E-state index is 0.134. The van der Waals surface area contributed by atoms with E-state index in [4.69, 9.17) is 4.74 Å². The number of carbonyl (C=O) groups excluding carboxylic acids is 2. The third-order valence-electron chi connectivity index (χ3n) is 6.15. The highest BCUT2D eigenvalue weighted by atomic mass is 19.1. The summed E-state index contributed by atoms with van der Waals surface area (Å²) in [7, 11) is 0. The van der Waals surface area contributed by atoms with Crippen LogP contribution in [0.2, 0.25) is 0 Å². The van der Waals surface area contributed by atoms with Gasteiger partial charge in [-0.3, -0.25) is 9.59 Å². The highest BCUT2D eigenvalue weighted by Gasteiger charge is 2.22. The monoisotopic (exact) mass is 487 g/mol. The summed E-state index contributed by atoms with van der Waals surface area (Å²) in [6.07, 6.45) is 3.84. The van der Waals surface area contributed by atoms with Crippen LogP contribution in [0.15, 0.2) is 66.9 Å². The molecular formula is C30H30FNO4. The number of fused-ring (bicyclic) bond motifs is 3. The molecule has 0 saturated heterocycles. The lowest BCUT2D eigenvalue weighted by molar-refractivity contribution is -0.145. The number of pyridine rings is 1. The molecule has 0 spiro atoms. The first kappa shape index (κ1) is 25.3. The summed E-state index contributed by atoms with van der Waals surface area (Å²) >= 11 is 0. The molecule has 0 fully saturated rings. The van der Waals surface area contributed by atoms with Crippen LogP contribution in [0.3, 0.4) is 0 Å². The van der Waals surface area contributed by atoms with Crippen LogP contribution in [0, 0.1) is 5.82 Å². The first-order valence-corrected chi connectivity index (χ1v) is 12.1. The predicted molar refractivity (Wildman–Crippen MR) is 140 cm³/mol. The van der Waals surface area contributed by atoms with Crippen molar-refractivity contribution in [1.29, 1.82) is 0 Å². The number of esters is 1. The quantitative estimate of drug-likeness (QED) is 0.222. The number of hydrogen-bond acceptors (Lipinski definition) is 4. The molecule has 0 bridgehead atoms. The number of halogens is 1. The van der Waals surface area contributed by atoms with Gasteiger partial charge in [-0.15, -0.1) is 0 Å². The van der Waals surface area contributed by atoms with E-state index in [1.165, 1.54) is 12.1 Å². The standard InChI is InChI=1S/C30H30FNO4/c1-4-36-27(35)18-24(34)17-23(33)13-14-26-28(21-9-11-22(31)12-10-21)30-25-8-6-5-7-20(25)15-16-32(30)29(26)19(2)3/h5-16,19,23,33H,4,17-18H2,1-3H3/b14-13+. The Balaban J connectivity index is 1.84. The Morgan fingerprint density at radius 2 is 1.81 bits per heavy atom. The second-order valence-electron chi connectivity index (χ2n) is 9.11. The van der Waals surface area contributed by atoms with E-state index in [0.29, 0.717) is 0 Å². The van der Waals surface area contributed by atoms with Crippen molar-refractivity contribution in [2.24, 2.45) is 0 Å². The average Bonchev–Trinajstić information content (AvgIpc) is 3.18. The first-order valence-electron chi connectivity index (χ1n) is 12.1. The minimum atomic E-state index is -1.06. The summed E-state index contributed by atoms with van der Waals surface area (Å²) in [5.74, 6) is -1.16. The lowest BCUT2D eigenvalue weighted by atomic mass is 9.95. The number of aliphatic hydroxyl groups excluding tert-OH is 1. The number of benzene rings is 2. The van der Waals surface area contributed by atoms with Crippen molar-refractivity contribution in [2.75, 3.05) is 6.61 Å². The van der Waals surface area contributed by atoms with Crippen LogP contribution in [0.5, 0.6) is 0 Å². The first-order chi connectivity index (χ1) is 17.3. The van der Waals surface area contributed by atoms with Crippen LogP contribution in [-0.2, 0) is 14.3 Å². The molecule has 1 N–H and O–H groups in total. The van der Waals surface area contributed by atoms with Gasteiger partial charge in [0.2, 0.25) is 0 Å². The summed E-state index contributed by atoms with van der Waals surface area (Å²) in [5, 5.41) is 12.7. The van der Waals surface area contributed by atoms with Crippen molar-refractivity contribution < 1.29 is 23.8 Å². The Morgan fingerprint density at radius 1 is 1.08 bits per heavy atom. The van der Waals surface area contributed by atoms with Gasteiger partial charge >= 0.3 is 5.97 Å². The summed E-state index contributed by atoms with van der Waals surface area (Å²) in [6.45, 7) is 6.08. The van der Waals surface area contributed by atoms with E-state index in [9.17, 15) is 19.1 Å². The third-order valence-corrected chi connectivity index (χ3v) is 6.15. The molecule has 4 aromatic rings. The van der Waals surface area contributed by atoms with Crippen molar-refractivity contribution in [2.45, 2.75) is 45.6 Å². The number of carbonyl (C=O) groups is 2. The molecule has 5 nitrogen and oxygen atoms in total. The summed E-state index contributed by atoms with van der Waals surface area (Å²) in [4.78, 5) is 23.8. The van der Waals surface area contributed by atoms with Gasteiger partial charge in [0.05, 0.1) is 18.2 Å². The number of ketones is 1. The van der Waals surface area contributed by atoms with Gasteiger partial charge in [0.25, 0.3) is 0 Å². The zero-order chi connectivity index (χ0) is 25.8. The second-order valence-corrected chi connectivity index (χ2v) is 9.11. The normalized spacial score (nSPS) is 12.6. The van der Waals surface area contributed by atoms with Crippen LogP contribution < -0.4 is 0 Å². The molecule has 0 aliphatic heterocycles. The third kappa shape index (κ3) is 5.24. The van der Waals surface area contributed by atoms with Crippen molar-refractivity contribution in [1.82, 2.24) is 4.40 Å². The molecule has 1 atom stereocenters. The summed E-state index contributed by atoms with van der Waals surface area (Å²) in [6, 6.07) is 16.6. The molecule has 0 saturated carbocycles. The molecule has 0 aliphatic rings. The highest BCUT2D eigenvalue weighted by molar-refractivity contribution is 6.06. The number of hydrogen-bond donors (Lipinski definition) is 1. The molecule has 0 radical (unpaired) electrons. The molecule has 186 valence electrons. The minimum Gasteiger partial charge on any atom is -0.466 e. The predicted octanol–water partition coefficient (Wildman–Crippen LogP) is 6.31. The van der Waals surface area contributed by atoms with E-state index in [2.05, 4.69) is 36.4 Å². The molecule has 2 aromatic heterocycles. The van der Waals surface area contributed by atoms with Gasteiger partial charge < -0.3 is 14.2 Å². The van der Waals surface area contributed by atoms with E-state index in [1.54, 1.807) is 25.1 Å². The molecule has 6 heteroatoms. The van der Waals surface area contributed by atoms with Crippen LogP contribution in [-0.4, -0.2) is 34.0 Å². The van der Waals surface area contributed by atoms with Crippen molar-refractivity contribution in [3.05, 3.63) is 83.9 Å². The SMILES string of the molecule is CCOC(=O)CC(=O)CC(O)/C=C/c1c(-c2ccc(F)cc2)c2c3ccccc3ccn2c1C(C)C. The van der Waals surface area contributed by atoms with Gasteiger partial charge in [0.15, 0.2) is 0 Å². The Hall–Kier alpha value is -3.77. The van der Waals surface area contributed by atoms with E-state index in [1.807, 2.05) is 24.4 Å². The summed E-state index contributed by atoms with van der Waals surface area (Å²) < 4.78 is 20.8. The molecule has 0 amide bonds. The van der Waals surface area contributed by atoms with Crippen molar-refractivity contribution in [3.63, 3.8) is 0 Å². The second kappa shape index (κ2) is 10.9. The van der Waals surface area contributed by atoms with Crippen LogP contribution in [0.25, 0.3) is 33.5 Å². The van der Waals surface area contributed by atoms with Crippen LogP contribution in [0.4, 0.5) is 4.39 Å². The van der Waals surface area contributed by atoms with Gasteiger partial charge in [0, 0.05) is 34.8 Å². The van der Waals surface area contributed by atoms with Crippen molar-refractivity contribution >= 4 is 34.1 Å². The Kier molecular flexibility index (Phi) is 7.65. The number of rotatable bonds is 9. The molecule has 0 aliphatic carbocycles. The Bertz CT molecular complexity index is 1430. The number of aromatic nitrogens is 1. The number of aliphatic hydroxyl groups is 1. The number of Topliss-reactive ketones (excluding diaryl/α,β-unsaturated/α-hetero) is 1. The lowest BCUT2D eigenvalue weighted by Crippen LogP contribution is -2.16. The van der Waals surface area contributed by atoms with Gasteiger partial charge in [-0.05, 0) is 42.0 Å². The zero-order valence-corrected chi connectivity index (χ0v) is 20.7. The largest absolute Gasteiger partial charge is 0.466 e. The van der Waals surface area contributed by atoms with E-state index in [-0.39, 0.29) is 37.0 Å². The molecule has 2 aromatic carbocycles. The van der Waals surface area contributed by atoms with E-state index >= 15 is 0 Å². The maximum absolute atomic E-state index is 13.8. The fraction of sp³-hybridized carbons (Fsp3) is 0.267. The van der Waals surface area contributed by atoms with Gasteiger partial charge in [-0.2, -0.15) is 0 Å². The molecule has 4 rings (SSSR count). The van der Waals surface area contributed by atoms with Crippen LogP contribution in [0.1, 0.15) is 50.8 Å². The van der Waals surface area contributed by atoms with Gasteiger partial charge in [0.1, 0.15) is 18.0 Å². The Labute approximate surface area is 209 Å². The van der Waals surface area contributed by atoms with Crippen LogP contribution >= 0.6 is 0 Å². The van der Waals surface area contributed by atoms with Gasteiger partial charge in [-0.25, -0.2) is 4.39 Å². The fourth-order valence-corrected chi connectivity index (χ4v) is 4.68. The van der Waals surface area contributed by atoms with Gasteiger partial charge in [-0.1, -0.05) is 62.4 Å². The molecule has 1 unspecified atom stereocenters. The molecule has 36 heavy (non-hydrogen) atoms. The topological polar surface area (TPSA) is 68.0 Å². The maximum Gasteiger partial charge on any atom is 0.313 e. The zero-order valence-electron chi connectivity index (χ0n) is 20.7. The van der Waals surface area contributed by atoms with E-state index < -0.39 is 12.1 Å². The molecular weight excluding hydrogens is 457 g/mol. The lowest BCUT2D eigenvalue weighted by Gasteiger charge is -2.10.